The Bertz CT molecular complexity index is 883. The molecule has 106 valence electrons. The van der Waals surface area contributed by atoms with E-state index in [1.165, 1.54) is 11.1 Å². The first kappa shape index (κ1) is 13.6. The molecule has 0 aliphatic heterocycles. The number of fused-ring (bicyclic) bond motifs is 1. The summed E-state index contributed by atoms with van der Waals surface area (Å²) < 4.78 is 1.77. The molecule has 3 rings (SSSR count). The predicted octanol–water partition coefficient (Wildman–Crippen LogP) is 4.13. The second-order valence-electron chi connectivity index (χ2n) is 5.70. The summed E-state index contributed by atoms with van der Waals surface area (Å²) in [5.74, 6) is 0. The topological polar surface area (TPSA) is 22.0 Å². The lowest BCUT2D eigenvalue weighted by atomic mass is 9.97. The molecule has 3 aromatic rings. The summed E-state index contributed by atoms with van der Waals surface area (Å²) in [5.41, 5.74) is 5.62. The predicted molar refractivity (Wildman–Crippen MR) is 88.8 cm³/mol. The number of benzene rings is 2. The minimum absolute atomic E-state index is 0.0725. The summed E-state index contributed by atoms with van der Waals surface area (Å²) in [6.45, 7) is 6.17. The molecule has 2 nitrogen and oxygen atoms in total. The molecule has 21 heavy (non-hydrogen) atoms. The number of hydrogen-bond acceptors (Lipinski definition) is 1. The Labute approximate surface area is 124 Å². The van der Waals surface area contributed by atoms with Gasteiger partial charge >= 0.3 is 0 Å². The molecule has 0 N–H and O–H groups in total. The first-order valence-electron chi connectivity index (χ1n) is 7.16. The van der Waals surface area contributed by atoms with Crippen LogP contribution in [0.4, 0.5) is 0 Å². The van der Waals surface area contributed by atoms with Crippen LogP contribution in [-0.4, -0.2) is 4.57 Å². The van der Waals surface area contributed by atoms with Gasteiger partial charge in [0, 0.05) is 12.6 Å². The van der Waals surface area contributed by atoms with Crippen LogP contribution in [0.3, 0.4) is 0 Å². The van der Waals surface area contributed by atoms with Crippen LogP contribution < -0.4 is 5.56 Å². The molecule has 0 radical (unpaired) electrons. The zero-order valence-corrected chi connectivity index (χ0v) is 12.9. The van der Waals surface area contributed by atoms with Crippen molar-refractivity contribution < 1.29 is 0 Å². The number of nitrogens with zero attached hydrogens (tertiary/aromatic N) is 1. The number of aromatic nitrogens is 1. The van der Waals surface area contributed by atoms with Gasteiger partial charge in [0.25, 0.3) is 5.56 Å². The molecule has 0 spiro atoms. The molecule has 0 saturated carbocycles. The Hall–Kier alpha value is -2.35. The smallest absolute Gasteiger partial charge is 0.258 e. The number of rotatable bonds is 1. The normalized spacial score (nSPS) is 11.0. The van der Waals surface area contributed by atoms with Crippen LogP contribution in [0, 0.1) is 20.8 Å². The summed E-state index contributed by atoms with van der Waals surface area (Å²) in [4.78, 5) is 12.7. The highest BCUT2D eigenvalue weighted by molar-refractivity contribution is 5.88. The van der Waals surface area contributed by atoms with Crippen LogP contribution in [0.25, 0.3) is 22.0 Å². The van der Waals surface area contributed by atoms with Gasteiger partial charge in [0.05, 0.1) is 11.1 Å². The van der Waals surface area contributed by atoms with Crippen LogP contribution in [0.1, 0.15) is 16.7 Å². The zero-order valence-electron chi connectivity index (χ0n) is 12.9. The third-order valence-electron chi connectivity index (χ3n) is 4.21. The van der Waals surface area contributed by atoms with Gasteiger partial charge in [-0.25, -0.2) is 0 Å². The molecule has 0 aliphatic rings. The number of pyridine rings is 1. The Morgan fingerprint density at radius 2 is 1.43 bits per heavy atom. The van der Waals surface area contributed by atoms with Crippen molar-refractivity contribution in [2.24, 2.45) is 7.05 Å². The zero-order chi connectivity index (χ0) is 15.1. The fourth-order valence-electron chi connectivity index (χ4n) is 3.08. The fraction of sp³-hybridized carbons (Fsp3) is 0.211. The molecule has 0 amide bonds. The molecular formula is C19H19NO. The number of aryl methyl sites for hydroxylation is 3. The van der Waals surface area contributed by atoms with Gasteiger partial charge in [-0.3, -0.25) is 4.79 Å². The molecule has 0 atom stereocenters. The highest BCUT2D eigenvalue weighted by atomic mass is 16.1. The lowest BCUT2D eigenvalue weighted by Gasteiger charge is -2.15. The Kier molecular flexibility index (Phi) is 3.17. The van der Waals surface area contributed by atoms with E-state index in [0.29, 0.717) is 0 Å². The monoisotopic (exact) mass is 277 g/mol. The lowest BCUT2D eigenvalue weighted by molar-refractivity contribution is 0.880. The van der Waals surface area contributed by atoms with Crippen molar-refractivity contribution in [3.63, 3.8) is 0 Å². The standard InChI is InChI=1S/C19H19NO/c1-12-7-5-8-13(2)17(12)16-11-15-10-6-9-14(3)18(15)19(21)20(16)4/h5-11H,1-4H3. The second-order valence-corrected chi connectivity index (χ2v) is 5.70. The Morgan fingerprint density at radius 1 is 0.857 bits per heavy atom. The van der Waals surface area contributed by atoms with Crippen molar-refractivity contribution in [3.8, 4) is 11.3 Å². The van der Waals surface area contributed by atoms with Gasteiger partial charge in [0.15, 0.2) is 0 Å². The molecule has 0 unspecified atom stereocenters. The third-order valence-corrected chi connectivity index (χ3v) is 4.21. The van der Waals surface area contributed by atoms with Crippen molar-refractivity contribution in [2.45, 2.75) is 20.8 Å². The largest absolute Gasteiger partial charge is 0.311 e. The third kappa shape index (κ3) is 2.07. The van der Waals surface area contributed by atoms with Crippen molar-refractivity contribution in [2.75, 3.05) is 0 Å². The highest BCUT2D eigenvalue weighted by Gasteiger charge is 2.13. The molecule has 0 aliphatic carbocycles. The maximum Gasteiger partial charge on any atom is 0.258 e. The van der Waals surface area contributed by atoms with E-state index in [9.17, 15) is 4.79 Å². The molecular weight excluding hydrogens is 258 g/mol. The molecule has 0 fully saturated rings. The van der Waals surface area contributed by atoms with E-state index in [2.05, 4.69) is 38.1 Å². The first-order valence-corrected chi connectivity index (χ1v) is 7.16. The average Bonchev–Trinajstić information content (AvgIpc) is 2.43. The lowest BCUT2D eigenvalue weighted by Crippen LogP contribution is -2.19. The molecule has 2 aromatic carbocycles. The van der Waals surface area contributed by atoms with Crippen molar-refractivity contribution in [1.82, 2.24) is 4.57 Å². The van der Waals surface area contributed by atoms with Gasteiger partial charge < -0.3 is 4.57 Å². The molecule has 2 heteroatoms. The average molecular weight is 277 g/mol. The van der Waals surface area contributed by atoms with Crippen LogP contribution in [0.2, 0.25) is 0 Å². The maximum atomic E-state index is 12.7. The van der Waals surface area contributed by atoms with E-state index in [1.54, 1.807) is 4.57 Å². The van der Waals surface area contributed by atoms with E-state index < -0.39 is 0 Å². The van der Waals surface area contributed by atoms with Gasteiger partial charge in [-0.1, -0.05) is 36.4 Å². The summed E-state index contributed by atoms with van der Waals surface area (Å²) in [6, 6.07) is 14.4. The van der Waals surface area contributed by atoms with Gasteiger partial charge in [0.1, 0.15) is 0 Å². The summed E-state index contributed by atoms with van der Waals surface area (Å²) in [5, 5.41) is 1.82. The quantitative estimate of drug-likeness (QED) is 0.655. The highest BCUT2D eigenvalue weighted by Crippen LogP contribution is 2.28. The van der Waals surface area contributed by atoms with E-state index in [-0.39, 0.29) is 5.56 Å². The van der Waals surface area contributed by atoms with Crippen molar-refractivity contribution >= 4 is 10.8 Å². The summed E-state index contributed by atoms with van der Waals surface area (Å²) in [6.07, 6.45) is 0. The van der Waals surface area contributed by atoms with Gasteiger partial charge in [0.2, 0.25) is 0 Å². The van der Waals surface area contributed by atoms with Gasteiger partial charge in [-0.05, 0) is 48.9 Å². The molecule has 0 saturated heterocycles. The second kappa shape index (κ2) is 4.88. The summed E-state index contributed by atoms with van der Waals surface area (Å²) >= 11 is 0. The fourth-order valence-corrected chi connectivity index (χ4v) is 3.08. The van der Waals surface area contributed by atoms with Crippen LogP contribution >= 0.6 is 0 Å². The van der Waals surface area contributed by atoms with Crippen LogP contribution in [-0.2, 0) is 7.05 Å². The minimum Gasteiger partial charge on any atom is -0.311 e. The van der Waals surface area contributed by atoms with E-state index >= 15 is 0 Å². The van der Waals surface area contributed by atoms with E-state index in [4.69, 9.17) is 0 Å². The summed E-state index contributed by atoms with van der Waals surface area (Å²) in [7, 11) is 1.86. The minimum atomic E-state index is 0.0725. The van der Waals surface area contributed by atoms with Crippen molar-refractivity contribution in [1.29, 1.82) is 0 Å². The Balaban J connectivity index is 2.46. The molecule has 0 bridgehead atoms. The Morgan fingerprint density at radius 3 is 2.10 bits per heavy atom. The van der Waals surface area contributed by atoms with Gasteiger partial charge in [-0.15, -0.1) is 0 Å². The maximum absolute atomic E-state index is 12.7. The SMILES string of the molecule is Cc1cccc(C)c1-c1cc2cccc(C)c2c(=O)n1C. The van der Waals surface area contributed by atoms with E-state index in [0.717, 1.165) is 27.6 Å². The van der Waals surface area contributed by atoms with Crippen LogP contribution in [0.15, 0.2) is 47.3 Å². The first-order chi connectivity index (χ1) is 10.0. The molecule has 1 aromatic heterocycles. The van der Waals surface area contributed by atoms with Crippen LogP contribution in [0.5, 0.6) is 0 Å². The number of hydrogen-bond donors (Lipinski definition) is 0. The van der Waals surface area contributed by atoms with Gasteiger partial charge in [-0.2, -0.15) is 0 Å². The van der Waals surface area contributed by atoms with Crippen molar-refractivity contribution in [3.05, 3.63) is 69.5 Å². The molecule has 1 heterocycles. The van der Waals surface area contributed by atoms with E-state index in [1.807, 2.05) is 32.2 Å².